The van der Waals surface area contributed by atoms with Crippen molar-refractivity contribution in [3.05, 3.63) is 71.7 Å². The third-order valence-corrected chi connectivity index (χ3v) is 4.69. The molecular formula is C20H18N2O3. The number of fused-ring (bicyclic) bond motifs is 1. The van der Waals surface area contributed by atoms with Crippen LogP contribution < -0.4 is 10.5 Å². The summed E-state index contributed by atoms with van der Waals surface area (Å²) >= 11 is 0. The molecule has 0 saturated carbocycles. The van der Waals surface area contributed by atoms with Crippen LogP contribution in [0.3, 0.4) is 0 Å². The van der Waals surface area contributed by atoms with Crippen LogP contribution in [0.25, 0.3) is 11.3 Å². The number of benzene rings is 2. The summed E-state index contributed by atoms with van der Waals surface area (Å²) in [6, 6.07) is 13.7. The van der Waals surface area contributed by atoms with Gasteiger partial charge in [0.1, 0.15) is 11.9 Å². The molecule has 2 atom stereocenters. The largest absolute Gasteiger partial charge is 0.485 e. The minimum atomic E-state index is -0.398. The van der Waals surface area contributed by atoms with E-state index in [1.54, 1.807) is 6.20 Å². The zero-order chi connectivity index (χ0) is 17.4. The SMILES string of the molecule is Cc1cc(-c2cnco2)ccc1C1Oc2ccccc2CC1C(N)=O. The van der Waals surface area contributed by atoms with Crippen molar-refractivity contribution in [1.82, 2.24) is 4.98 Å². The highest BCUT2D eigenvalue weighted by molar-refractivity contribution is 5.78. The van der Waals surface area contributed by atoms with Crippen LogP contribution in [0.15, 0.2) is 59.5 Å². The highest BCUT2D eigenvalue weighted by atomic mass is 16.5. The number of nitrogens with two attached hydrogens (primary N) is 1. The summed E-state index contributed by atoms with van der Waals surface area (Å²) < 4.78 is 11.5. The van der Waals surface area contributed by atoms with Crippen LogP contribution >= 0.6 is 0 Å². The average molecular weight is 334 g/mol. The van der Waals surface area contributed by atoms with Crippen molar-refractivity contribution >= 4 is 5.91 Å². The number of hydrogen-bond donors (Lipinski definition) is 1. The Morgan fingerprint density at radius 1 is 1.24 bits per heavy atom. The van der Waals surface area contributed by atoms with Crippen LogP contribution in [0.1, 0.15) is 22.8 Å². The number of ether oxygens (including phenoxy) is 1. The fraction of sp³-hybridized carbons (Fsp3) is 0.200. The second kappa shape index (κ2) is 6.09. The third kappa shape index (κ3) is 2.78. The summed E-state index contributed by atoms with van der Waals surface area (Å²) in [4.78, 5) is 16.0. The lowest BCUT2D eigenvalue weighted by Crippen LogP contribution is -2.36. The van der Waals surface area contributed by atoms with E-state index in [0.717, 1.165) is 28.0 Å². The minimum Gasteiger partial charge on any atom is -0.485 e. The average Bonchev–Trinajstić information content (AvgIpc) is 3.15. The summed E-state index contributed by atoms with van der Waals surface area (Å²) in [7, 11) is 0. The zero-order valence-electron chi connectivity index (χ0n) is 13.8. The van der Waals surface area contributed by atoms with E-state index in [0.29, 0.717) is 12.2 Å². The summed E-state index contributed by atoms with van der Waals surface area (Å²) in [5, 5.41) is 0. The highest BCUT2D eigenvalue weighted by Gasteiger charge is 2.35. The van der Waals surface area contributed by atoms with Crippen LogP contribution in [0.2, 0.25) is 0 Å². The van der Waals surface area contributed by atoms with Crippen molar-refractivity contribution in [2.24, 2.45) is 11.7 Å². The van der Waals surface area contributed by atoms with E-state index in [4.69, 9.17) is 14.9 Å². The number of carbonyl (C=O) groups is 1. The molecule has 0 bridgehead atoms. The van der Waals surface area contributed by atoms with E-state index in [9.17, 15) is 4.79 Å². The van der Waals surface area contributed by atoms with Crippen molar-refractivity contribution in [2.45, 2.75) is 19.4 Å². The van der Waals surface area contributed by atoms with Gasteiger partial charge in [-0.3, -0.25) is 4.79 Å². The van der Waals surface area contributed by atoms with E-state index in [1.165, 1.54) is 6.39 Å². The molecule has 0 fully saturated rings. The lowest BCUT2D eigenvalue weighted by atomic mass is 9.84. The number of para-hydroxylation sites is 1. The van der Waals surface area contributed by atoms with E-state index >= 15 is 0 Å². The van der Waals surface area contributed by atoms with Gasteiger partial charge in [0.25, 0.3) is 0 Å². The predicted octanol–water partition coefficient (Wildman–Crippen LogP) is 3.43. The molecule has 0 spiro atoms. The van der Waals surface area contributed by atoms with Gasteiger partial charge in [-0.15, -0.1) is 0 Å². The number of nitrogens with zero attached hydrogens (tertiary/aromatic N) is 1. The van der Waals surface area contributed by atoms with Crippen LogP contribution in [0, 0.1) is 12.8 Å². The smallest absolute Gasteiger partial charge is 0.224 e. The molecule has 5 heteroatoms. The number of aromatic nitrogens is 1. The van der Waals surface area contributed by atoms with Crippen LogP contribution in [0.4, 0.5) is 0 Å². The molecule has 25 heavy (non-hydrogen) atoms. The van der Waals surface area contributed by atoms with Gasteiger partial charge in [-0.2, -0.15) is 0 Å². The maximum absolute atomic E-state index is 12.0. The number of primary amides is 1. The Labute approximate surface area is 145 Å². The monoisotopic (exact) mass is 334 g/mol. The first-order valence-corrected chi connectivity index (χ1v) is 8.17. The van der Waals surface area contributed by atoms with E-state index in [-0.39, 0.29) is 5.91 Å². The third-order valence-electron chi connectivity index (χ3n) is 4.69. The number of aryl methyl sites for hydroxylation is 1. The van der Waals surface area contributed by atoms with Crippen molar-refractivity contribution < 1.29 is 13.9 Å². The molecular weight excluding hydrogens is 316 g/mol. The van der Waals surface area contributed by atoms with Crippen LogP contribution in [-0.4, -0.2) is 10.9 Å². The normalized spacial score (nSPS) is 19.1. The fourth-order valence-corrected chi connectivity index (χ4v) is 3.39. The van der Waals surface area contributed by atoms with Gasteiger partial charge in [0, 0.05) is 5.56 Å². The number of carbonyl (C=O) groups excluding carboxylic acids is 1. The lowest BCUT2D eigenvalue weighted by Gasteiger charge is -2.33. The number of amides is 1. The first-order valence-electron chi connectivity index (χ1n) is 8.17. The maximum Gasteiger partial charge on any atom is 0.224 e. The molecule has 1 aliphatic heterocycles. The molecule has 126 valence electrons. The van der Waals surface area contributed by atoms with Gasteiger partial charge in [0.15, 0.2) is 12.2 Å². The Morgan fingerprint density at radius 2 is 2.08 bits per heavy atom. The maximum atomic E-state index is 12.0. The first kappa shape index (κ1) is 15.4. The molecule has 2 unspecified atom stereocenters. The molecule has 1 amide bonds. The molecule has 2 N–H and O–H groups in total. The number of hydrogen-bond acceptors (Lipinski definition) is 4. The number of rotatable bonds is 3. The Bertz CT molecular complexity index is 918. The minimum absolute atomic E-state index is 0.349. The Morgan fingerprint density at radius 3 is 2.80 bits per heavy atom. The standard InChI is InChI=1S/C20H18N2O3/c1-12-8-14(18-10-22-11-24-18)6-7-15(12)19-16(20(21)23)9-13-4-2-3-5-17(13)25-19/h2-8,10-11,16,19H,9H2,1H3,(H2,21,23). The van der Waals surface area contributed by atoms with Gasteiger partial charge in [-0.05, 0) is 42.2 Å². The van der Waals surface area contributed by atoms with Gasteiger partial charge in [-0.1, -0.05) is 30.3 Å². The lowest BCUT2D eigenvalue weighted by molar-refractivity contribution is -0.125. The molecule has 2 heterocycles. The van der Waals surface area contributed by atoms with Gasteiger partial charge in [0.05, 0.1) is 12.1 Å². The molecule has 4 rings (SSSR count). The molecule has 2 aromatic carbocycles. The van der Waals surface area contributed by atoms with Crippen molar-refractivity contribution in [1.29, 1.82) is 0 Å². The van der Waals surface area contributed by atoms with Crippen molar-refractivity contribution in [2.75, 3.05) is 0 Å². The molecule has 1 aliphatic rings. The van der Waals surface area contributed by atoms with Gasteiger partial charge < -0.3 is 14.9 Å². The molecule has 1 aromatic heterocycles. The summed E-state index contributed by atoms with van der Waals surface area (Å²) in [5.74, 6) is 0.766. The van der Waals surface area contributed by atoms with Gasteiger partial charge in [-0.25, -0.2) is 4.98 Å². The second-order valence-corrected chi connectivity index (χ2v) is 6.30. The zero-order valence-corrected chi connectivity index (χ0v) is 13.8. The quantitative estimate of drug-likeness (QED) is 0.796. The summed E-state index contributed by atoms with van der Waals surface area (Å²) in [5.41, 5.74) is 9.59. The molecule has 5 nitrogen and oxygen atoms in total. The van der Waals surface area contributed by atoms with E-state index in [1.807, 2.05) is 49.4 Å². The Balaban J connectivity index is 1.73. The highest BCUT2D eigenvalue weighted by Crippen LogP contribution is 2.40. The van der Waals surface area contributed by atoms with Crippen molar-refractivity contribution in [3.63, 3.8) is 0 Å². The molecule has 0 radical (unpaired) electrons. The van der Waals surface area contributed by atoms with Crippen molar-refractivity contribution in [3.8, 4) is 17.1 Å². The van der Waals surface area contributed by atoms with Crippen LogP contribution in [0.5, 0.6) is 5.75 Å². The Hall–Kier alpha value is -3.08. The molecule has 0 aliphatic carbocycles. The molecule has 3 aromatic rings. The number of oxazole rings is 1. The summed E-state index contributed by atoms with van der Waals surface area (Å²) in [6.07, 6.45) is 3.27. The summed E-state index contributed by atoms with van der Waals surface area (Å²) in [6.45, 7) is 2.00. The van der Waals surface area contributed by atoms with Gasteiger partial charge in [0.2, 0.25) is 5.91 Å². The topological polar surface area (TPSA) is 78.3 Å². The fourth-order valence-electron chi connectivity index (χ4n) is 3.39. The van der Waals surface area contributed by atoms with Crippen LogP contribution in [-0.2, 0) is 11.2 Å². The predicted molar refractivity (Wildman–Crippen MR) is 92.9 cm³/mol. The Kier molecular flexibility index (Phi) is 3.76. The first-order chi connectivity index (χ1) is 12.1. The van der Waals surface area contributed by atoms with E-state index in [2.05, 4.69) is 4.98 Å². The second-order valence-electron chi connectivity index (χ2n) is 6.30. The molecule has 0 saturated heterocycles. The van der Waals surface area contributed by atoms with Gasteiger partial charge >= 0.3 is 0 Å². The van der Waals surface area contributed by atoms with E-state index < -0.39 is 12.0 Å².